The lowest BCUT2D eigenvalue weighted by molar-refractivity contribution is 0.421. The van der Waals surface area contributed by atoms with Crippen molar-refractivity contribution >= 4 is 27.5 Å². The van der Waals surface area contributed by atoms with E-state index in [4.69, 9.17) is 0 Å². The highest BCUT2D eigenvalue weighted by atomic mass is 15.0. The monoisotopic (exact) mass is 291 g/mol. The van der Waals surface area contributed by atoms with Crippen LogP contribution in [0.4, 0.5) is 0 Å². The predicted octanol–water partition coefficient (Wildman–Crippen LogP) is 6.48. The van der Waals surface area contributed by atoms with Crippen LogP contribution in [0.1, 0.15) is 41.0 Å². The van der Waals surface area contributed by atoms with Gasteiger partial charge in [0.1, 0.15) is 0 Å². The molecule has 0 spiro atoms. The molecule has 22 heavy (non-hydrogen) atoms. The van der Waals surface area contributed by atoms with Crippen LogP contribution >= 0.6 is 0 Å². The number of fused-ring (bicyclic) bond motifs is 3. The van der Waals surface area contributed by atoms with Gasteiger partial charge in [0.2, 0.25) is 0 Å². The zero-order valence-corrected chi connectivity index (χ0v) is 14.3. The van der Waals surface area contributed by atoms with Crippen molar-refractivity contribution in [2.75, 3.05) is 0 Å². The Labute approximate surface area is 133 Å². The summed E-state index contributed by atoms with van der Waals surface area (Å²) >= 11 is 0. The fourth-order valence-electron chi connectivity index (χ4n) is 3.20. The predicted molar refractivity (Wildman–Crippen MR) is 98.1 cm³/mol. The van der Waals surface area contributed by atoms with Crippen molar-refractivity contribution < 1.29 is 0 Å². The third kappa shape index (κ3) is 2.56. The minimum absolute atomic E-state index is 0.263. The van der Waals surface area contributed by atoms with Crippen molar-refractivity contribution in [2.24, 2.45) is 5.41 Å². The average molecular weight is 291 g/mol. The molecular formula is C21H25N. The largest absolute Gasteiger partial charge is 0.313 e. The summed E-state index contributed by atoms with van der Waals surface area (Å²) in [6.07, 6.45) is 1.07. The van der Waals surface area contributed by atoms with Crippen molar-refractivity contribution in [3.63, 3.8) is 0 Å². The number of rotatable bonds is 2. The molecule has 0 aliphatic rings. The maximum Gasteiger partial charge on any atom is 0.0537 e. The van der Waals surface area contributed by atoms with Gasteiger partial charge in [-0.3, -0.25) is 0 Å². The summed E-state index contributed by atoms with van der Waals surface area (Å²) in [7, 11) is 0. The zero-order chi connectivity index (χ0) is 15.9. The van der Waals surface area contributed by atoms with Crippen LogP contribution in [0.2, 0.25) is 0 Å². The van der Waals surface area contributed by atoms with Crippen LogP contribution in [0.5, 0.6) is 0 Å². The van der Waals surface area contributed by atoms with Crippen molar-refractivity contribution in [3.8, 4) is 0 Å². The molecule has 1 heteroatoms. The Bertz CT molecular complexity index is 799. The lowest BCUT2D eigenvalue weighted by Crippen LogP contribution is -2.10. The van der Waals surface area contributed by atoms with Crippen molar-refractivity contribution in [1.29, 1.82) is 0 Å². The second-order valence-corrected chi connectivity index (χ2v) is 7.55. The maximum absolute atomic E-state index is 2.46. The summed E-state index contributed by atoms with van der Waals surface area (Å²) < 4.78 is 2.46. The zero-order valence-electron chi connectivity index (χ0n) is 14.3. The summed E-state index contributed by atoms with van der Waals surface area (Å²) in [5.74, 6) is 0. The van der Waals surface area contributed by atoms with Crippen molar-refractivity contribution in [3.05, 3.63) is 54.1 Å². The topological polar surface area (TPSA) is 4.93 Å². The highest BCUT2D eigenvalue weighted by Crippen LogP contribution is 2.36. The third-order valence-corrected chi connectivity index (χ3v) is 4.12. The second-order valence-electron chi connectivity index (χ2n) is 7.55. The molecule has 0 amide bonds. The molecule has 1 aromatic heterocycles. The lowest BCUT2D eigenvalue weighted by atomic mass is 9.89. The fraction of sp³-hybridized carbons (Fsp3) is 0.333. The minimum Gasteiger partial charge on any atom is -0.313 e. The van der Waals surface area contributed by atoms with E-state index in [0.29, 0.717) is 0 Å². The van der Waals surface area contributed by atoms with E-state index in [9.17, 15) is 0 Å². The standard InChI is InChI=1S/C21H25N/c1-15(2)20(14-21(3,4)5)22-18-12-8-6-10-16(18)17-11-7-9-13-19(17)22/h6-13H,14H2,1-5H3. The molecule has 2 aromatic carbocycles. The van der Waals surface area contributed by atoms with Gasteiger partial charge in [0.25, 0.3) is 0 Å². The van der Waals surface area contributed by atoms with Gasteiger partial charge < -0.3 is 4.57 Å². The molecule has 1 heterocycles. The van der Waals surface area contributed by atoms with Gasteiger partial charge in [-0.2, -0.15) is 0 Å². The molecule has 114 valence electrons. The number of benzene rings is 2. The van der Waals surface area contributed by atoms with Crippen LogP contribution in [0.15, 0.2) is 54.1 Å². The van der Waals surface area contributed by atoms with Gasteiger partial charge in [-0.1, -0.05) is 62.7 Å². The van der Waals surface area contributed by atoms with E-state index in [1.807, 2.05) is 0 Å². The molecule has 0 saturated heterocycles. The number of hydrogen-bond donors (Lipinski definition) is 0. The van der Waals surface area contributed by atoms with Gasteiger partial charge in [0.05, 0.1) is 11.0 Å². The van der Waals surface area contributed by atoms with Crippen LogP contribution in [-0.2, 0) is 0 Å². The number of allylic oxidation sites excluding steroid dienone is 2. The normalized spacial score (nSPS) is 12.0. The number of hydrogen-bond acceptors (Lipinski definition) is 0. The Kier molecular flexibility index (Phi) is 3.60. The lowest BCUT2D eigenvalue weighted by Gasteiger charge is -2.24. The molecule has 0 bridgehead atoms. The van der Waals surface area contributed by atoms with E-state index in [1.54, 1.807) is 0 Å². The van der Waals surface area contributed by atoms with E-state index in [-0.39, 0.29) is 5.41 Å². The Morgan fingerprint density at radius 3 is 1.68 bits per heavy atom. The van der Waals surface area contributed by atoms with Crippen molar-refractivity contribution in [1.82, 2.24) is 4.57 Å². The molecule has 0 saturated carbocycles. The summed E-state index contributed by atoms with van der Waals surface area (Å²) in [6, 6.07) is 17.5. The van der Waals surface area contributed by atoms with Crippen molar-refractivity contribution in [2.45, 2.75) is 41.0 Å². The second kappa shape index (κ2) is 5.31. The molecule has 0 unspecified atom stereocenters. The third-order valence-electron chi connectivity index (χ3n) is 4.12. The Morgan fingerprint density at radius 1 is 0.818 bits per heavy atom. The Balaban J connectivity index is 2.39. The van der Waals surface area contributed by atoms with Gasteiger partial charge in [0, 0.05) is 16.5 Å². The van der Waals surface area contributed by atoms with Gasteiger partial charge in [-0.15, -0.1) is 0 Å². The van der Waals surface area contributed by atoms with Gasteiger partial charge >= 0.3 is 0 Å². The summed E-state index contributed by atoms with van der Waals surface area (Å²) in [5, 5.41) is 2.68. The van der Waals surface area contributed by atoms with Gasteiger partial charge in [0.15, 0.2) is 0 Å². The van der Waals surface area contributed by atoms with Crippen LogP contribution in [0.25, 0.3) is 27.5 Å². The fourth-order valence-corrected chi connectivity index (χ4v) is 3.20. The first-order valence-corrected chi connectivity index (χ1v) is 8.03. The SMILES string of the molecule is CC(C)=C(CC(C)(C)C)n1c2ccccc2c2ccccc21. The molecule has 0 fully saturated rings. The van der Waals surface area contributed by atoms with Gasteiger partial charge in [-0.05, 0) is 37.8 Å². The van der Waals surface area contributed by atoms with E-state index in [1.165, 1.54) is 33.1 Å². The molecule has 3 rings (SSSR count). The van der Waals surface area contributed by atoms with E-state index >= 15 is 0 Å². The number of aromatic nitrogens is 1. The first-order valence-electron chi connectivity index (χ1n) is 8.03. The van der Waals surface area contributed by atoms with E-state index in [2.05, 4.69) is 87.7 Å². The Morgan fingerprint density at radius 2 is 1.27 bits per heavy atom. The van der Waals surface area contributed by atoms with Gasteiger partial charge in [-0.25, -0.2) is 0 Å². The molecular weight excluding hydrogens is 266 g/mol. The summed E-state index contributed by atoms with van der Waals surface area (Å²) in [4.78, 5) is 0. The molecule has 0 aliphatic carbocycles. The van der Waals surface area contributed by atoms with E-state index < -0.39 is 0 Å². The smallest absolute Gasteiger partial charge is 0.0537 e. The summed E-state index contributed by atoms with van der Waals surface area (Å²) in [5.41, 5.74) is 5.69. The van der Waals surface area contributed by atoms with Crippen LogP contribution in [-0.4, -0.2) is 4.57 Å². The van der Waals surface area contributed by atoms with E-state index in [0.717, 1.165) is 6.42 Å². The quantitative estimate of drug-likeness (QED) is 0.509. The van der Waals surface area contributed by atoms with Crippen LogP contribution < -0.4 is 0 Å². The molecule has 3 aromatic rings. The first kappa shape index (κ1) is 14.9. The first-order chi connectivity index (χ1) is 10.4. The molecule has 0 atom stereocenters. The maximum atomic E-state index is 2.46. The number of nitrogens with zero attached hydrogens (tertiary/aromatic N) is 1. The minimum atomic E-state index is 0.263. The molecule has 0 radical (unpaired) electrons. The summed E-state index contributed by atoms with van der Waals surface area (Å²) in [6.45, 7) is 11.4. The number of para-hydroxylation sites is 2. The molecule has 1 nitrogen and oxygen atoms in total. The van der Waals surface area contributed by atoms with Crippen LogP contribution in [0.3, 0.4) is 0 Å². The highest BCUT2D eigenvalue weighted by Gasteiger charge is 2.19. The molecule has 0 N–H and O–H groups in total. The molecule has 0 aliphatic heterocycles. The Hall–Kier alpha value is -2.02. The highest BCUT2D eigenvalue weighted by molar-refractivity contribution is 6.10. The average Bonchev–Trinajstić information content (AvgIpc) is 2.78. The van der Waals surface area contributed by atoms with Crippen LogP contribution in [0, 0.1) is 5.41 Å².